The number of H-pyrrole nitrogens is 1. The predicted molar refractivity (Wildman–Crippen MR) is 90.0 cm³/mol. The molecule has 0 aliphatic carbocycles. The van der Waals surface area contributed by atoms with Crippen LogP contribution in [0.25, 0.3) is 10.9 Å². The van der Waals surface area contributed by atoms with E-state index in [0.717, 1.165) is 5.56 Å². The van der Waals surface area contributed by atoms with Gasteiger partial charge in [0.15, 0.2) is 0 Å². The molecule has 0 radical (unpaired) electrons. The number of hydrogen-bond acceptors (Lipinski definition) is 3. The maximum atomic E-state index is 12.4. The molecule has 1 aromatic heterocycles. The molecule has 10 heteroatoms. The zero-order chi connectivity index (χ0) is 16.8. The highest BCUT2D eigenvalue weighted by Gasteiger charge is 2.31. The van der Waals surface area contributed by atoms with E-state index in [-0.39, 0.29) is 25.5 Å². The van der Waals surface area contributed by atoms with Gasteiger partial charge in [0.2, 0.25) is 5.91 Å². The molecule has 0 unspecified atom stereocenters. The Balaban J connectivity index is 1.98. The molecule has 0 atom stereocenters. The summed E-state index contributed by atoms with van der Waals surface area (Å²) < 4.78 is 28.5. The third-order valence-corrected chi connectivity index (χ3v) is 5.65. The molecule has 0 bridgehead atoms. The van der Waals surface area contributed by atoms with Crippen molar-refractivity contribution in [3.63, 3.8) is 0 Å². The summed E-state index contributed by atoms with van der Waals surface area (Å²) in [5.74, 6) is -0.210. The van der Waals surface area contributed by atoms with Crippen LogP contribution in [0.4, 0.5) is 5.69 Å². The van der Waals surface area contributed by atoms with Gasteiger partial charge >= 0.3 is 10.2 Å². The van der Waals surface area contributed by atoms with Crippen LogP contribution in [0, 0.1) is 0 Å². The van der Waals surface area contributed by atoms with E-state index in [1.165, 1.54) is 11.2 Å². The molecule has 0 spiro atoms. The average molecular weight is 377 g/mol. The van der Waals surface area contributed by atoms with Crippen LogP contribution in [0.5, 0.6) is 0 Å². The summed E-state index contributed by atoms with van der Waals surface area (Å²) in [7, 11) is -3.70. The normalized spacial score (nSPS) is 16.8. The standard InChI is InChI=1S/C13H14Cl2N4O3S/c1-7(20)16-2-3-19-6-8-4-9(14)11-10(15)5-17-13(11)12(8)18-23(19,21)22/h4-5,17-18H,2-3,6H2,1H3,(H,16,20). The number of rotatable bonds is 3. The van der Waals surface area contributed by atoms with Gasteiger partial charge in [-0.3, -0.25) is 9.52 Å². The third kappa shape index (κ3) is 2.99. The number of nitrogens with zero attached hydrogens (tertiary/aromatic N) is 1. The SMILES string of the molecule is CC(=O)NCCN1Cc2cc(Cl)c3c(Cl)c[nH]c3c2NS1(=O)=O. The second-order valence-corrected chi connectivity index (χ2v) is 7.69. The van der Waals surface area contributed by atoms with Crippen molar-refractivity contribution in [3.05, 3.63) is 27.9 Å². The highest BCUT2D eigenvalue weighted by molar-refractivity contribution is 7.90. The highest BCUT2D eigenvalue weighted by atomic mass is 35.5. The van der Waals surface area contributed by atoms with Crippen LogP contribution < -0.4 is 10.0 Å². The van der Waals surface area contributed by atoms with Gasteiger partial charge in [-0.2, -0.15) is 12.7 Å². The van der Waals surface area contributed by atoms with Gasteiger partial charge < -0.3 is 10.3 Å². The number of aromatic nitrogens is 1. The Morgan fingerprint density at radius 3 is 2.83 bits per heavy atom. The van der Waals surface area contributed by atoms with Gasteiger partial charge in [0, 0.05) is 38.1 Å². The van der Waals surface area contributed by atoms with Gasteiger partial charge in [-0.05, 0) is 11.6 Å². The summed E-state index contributed by atoms with van der Waals surface area (Å²) >= 11 is 12.3. The number of amides is 1. The van der Waals surface area contributed by atoms with Gasteiger partial charge in [-0.1, -0.05) is 23.2 Å². The molecule has 3 rings (SSSR count). The Hall–Kier alpha value is -1.48. The van der Waals surface area contributed by atoms with Crippen LogP contribution >= 0.6 is 23.2 Å². The summed E-state index contributed by atoms with van der Waals surface area (Å²) in [4.78, 5) is 13.9. The molecule has 2 heterocycles. The van der Waals surface area contributed by atoms with Gasteiger partial charge in [0.1, 0.15) is 0 Å². The van der Waals surface area contributed by atoms with Crippen LogP contribution in [-0.4, -0.2) is 36.7 Å². The molecule has 23 heavy (non-hydrogen) atoms. The van der Waals surface area contributed by atoms with Crippen molar-refractivity contribution >= 4 is 55.9 Å². The molecule has 3 N–H and O–H groups in total. The smallest absolute Gasteiger partial charge is 0.302 e. The maximum Gasteiger partial charge on any atom is 0.302 e. The van der Waals surface area contributed by atoms with Crippen LogP contribution in [-0.2, 0) is 21.5 Å². The molecule has 0 saturated heterocycles. The lowest BCUT2D eigenvalue weighted by Gasteiger charge is -2.29. The first-order valence-corrected chi connectivity index (χ1v) is 8.99. The molecule has 1 aromatic carbocycles. The fraction of sp³-hybridized carbons (Fsp3) is 0.308. The van der Waals surface area contributed by atoms with E-state index >= 15 is 0 Å². The number of carbonyl (C=O) groups excluding carboxylic acids is 1. The molecule has 124 valence electrons. The van der Waals surface area contributed by atoms with E-state index in [1.807, 2.05) is 0 Å². The van der Waals surface area contributed by atoms with Gasteiger partial charge in [0.25, 0.3) is 0 Å². The average Bonchev–Trinajstić information content (AvgIpc) is 2.83. The van der Waals surface area contributed by atoms with E-state index in [0.29, 0.717) is 26.6 Å². The number of halogens is 2. The zero-order valence-corrected chi connectivity index (χ0v) is 14.4. The lowest BCUT2D eigenvalue weighted by Crippen LogP contribution is -2.43. The minimum atomic E-state index is -3.70. The molecule has 7 nitrogen and oxygen atoms in total. The fourth-order valence-electron chi connectivity index (χ4n) is 2.55. The molecule has 0 saturated carbocycles. The quantitative estimate of drug-likeness (QED) is 0.765. The summed E-state index contributed by atoms with van der Waals surface area (Å²) in [5.41, 5.74) is 1.74. The highest BCUT2D eigenvalue weighted by Crippen LogP contribution is 2.40. The third-order valence-electron chi connectivity index (χ3n) is 3.60. The first-order chi connectivity index (χ1) is 10.8. The van der Waals surface area contributed by atoms with E-state index in [4.69, 9.17) is 23.2 Å². The minimum absolute atomic E-state index is 0.162. The van der Waals surface area contributed by atoms with Crippen LogP contribution in [0.2, 0.25) is 10.0 Å². The monoisotopic (exact) mass is 376 g/mol. The van der Waals surface area contributed by atoms with Crippen molar-refractivity contribution in [2.45, 2.75) is 13.5 Å². The second kappa shape index (κ2) is 5.86. The van der Waals surface area contributed by atoms with Crippen LogP contribution in [0.15, 0.2) is 12.3 Å². The van der Waals surface area contributed by atoms with Crippen molar-refractivity contribution < 1.29 is 13.2 Å². The molecule has 1 amide bonds. The van der Waals surface area contributed by atoms with E-state index < -0.39 is 10.2 Å². The van der Waals surface area contributed by atoms with Gasteiger partial charge in [-0.15, -0.1) is 0 Å². The Bertz CT molecular complexity index is 894. The number of nitrogens with one attached hydrogen (secondary N) is 3. The Kier molecular flexibility index (Phi) is 4.18. The summed E-state index contributed by atoms with van der Waals surface area (Å²) in [6, 6.07) is 1.70. The van der Waals surface area contributed by atoms with Crippen LogP contribution in [0.3, 0.4) is 0 Å². The Morgan fingerprint density at radius 2 is 2.13 bits per heavy atom. The topological polar surface area (TPSA) is 94.3 Å². The number of aromatic amines is 1. The number of carbonyl (C=O) groups is 1. The van der Waals surface area contributed by atoms with Gasteiger partial charge in [-0.25, -0.2) is 0 Å². The van der Waals surface area contributed by atoms with Crippen molar-refractivity contribution in [2.75, 3.05) is 17.8 Å². The number of benzene rings is 1. The fourth-order valence-corrected chi connectivity index (χ4v) is 4.44. The largest absolute Gasteiger partial charge is 0.358 e. The van der Waals surface area contributed by atoms with Gasteiger partial charge in [0.05, 0.1) is 21.2 Å². The zero-order valence-electron chi connectivity index (χ0n) is 12.1. The van der Waals surface area contributed by atoms with Crippen molar-refractivity contribution in [1.29, 1.82) is 0 Å². The van der Waals surface area contributed by atoms with Crippen molar-refractivity contribution in [1.82, 2.24) is 14.6 Å². The Labute approximate surface area is 143 Å². The molecular formula is C13H14Cl2N4O3S. The predicted octanol–water partition coefficient (Wildman–Crippen LogP) is 2.08. The lowest BCUT2D eigenvalue weighted by molar-refractivity contribution is -0.118. The summed E-state index contributed by atoms with van der Waals surface area (Å²) in [6.07, 6.45) is 1.57. The Morgan fingerprint density at radius 1 is 1.39 bits per heavy atom. The minimum Gasteiger partial charge on any atom is -0.358 e. The van der Waals surface area contributed by atoms with E-state index in [9.17, 15) is 13.2 Å². The number of anilines is 1. The first-order valence-electron chi connectivity index (χ1n) is 6.80. The molecule has 1 aliphatic rings. The van der Waals surface area contributed by atoms with E-state index in [1.54, 1.807) is 12.3 Å². The first kappa shape index (κ1) is 16.4. The van der Waals surface area contributed by atoms with Crippen molar-refractivity contribution in [2.24, 2.45) is 0 Å². The molecule has 1 aliphatic heterocycles. The summed E-state index contributed by atoms with van der Waals surface area (Å²) in [5, 5.41) is 4.04. The van der Waals surface area contributed by atoms with E-state index in [2.05, 4.69) is 15.0 Å². The number of hydrogen-bond donors (Lipinski definition) is 3. The second-order valence-electron chi connectivity index (χ2n) is 5.20. The van der Waals surface area contributed by atoms with Crippen molar-refractivity contribution in [3.8, 4) is 0 Å². The maximum absolute atomic E-state index is 12.4. The number of fused-ring (bicyclic) bond motifs is 3. The molecule has 0 fully saturated rings. The van der Waals surface area contributed by atoms with Crippen LogP contribution in [0.1, 0.15) is 12.5 Å². The lowest BCUT2D eigenvalue weighted by atomic mass is 10.1. The molecule has 2 aromatic rings. The summed E-state index contributed by atoms with van der Waals surface area (Å²) in [6.45, 7) is 1.94. The molecular weight excluding hydrogens is 363 g/mol.